The number of rotatable bonds is 9. The molecule has 4 rings (SSSR count). The molecule has 0 unspecified atom stereocenters. The molecule has 0 aliphatic rings. The summed E-state index contributed by atoms with van der Waals surface area (Å²) in [5.74, 6) is 1.90. The van der Waals surface area contributed by atoms with Crippen LogP contribution in [0.1, 0.15) is 0 Å². The van der Waals surface area contributed by atoms with E-state index in [1.54, 1.807) is 14.2 Å². The molecule has 4 aromatic carbocycles. The zero-order chi connectivity index (χ0) is 22.2. The highest BCUT2D eigenvalue weighted by Gasteiger charge is 2.23. The molecule has 0 bridgehead atoms. The predicted octanol–water partition coefficient (Wildman–Crippen LogP) is 5.27. The van der Waals surface area contributed by atoms with Gasteiger partial charge in [-0.15, -0.1) is 0 Å². The SMILES string of the molecule is COc1ccccc1P(CCP(c1ccccc1)c1ccccc1)c1ccccc1OC. The maximum Gasteiger partial charge on any atom is 0.126 e. The second-order valence-corrected chi connectivity index (χ2v) is 11.9. The molecule has 0 aliphatic carbocycles. The molecule has 0 atom stereocenters. The molecule has 0 spiro atoms. The van der Waals surface area contributed by atoms with Crippen LogP contribution < -0.4 is 30.7 Å². The highest BCUT2D eigenvalue weighted by molar-refractivity contribution is 7.76. The van der Waals surface area contributed by atoms with Gasteiger partial charge in [0, 0.05) is 10.6 Å². The van der Waals surface area contributed by atoms with E-state index in [-0.39, 0.29) is 0 Å². The van der Waals surface area contributed by atoms with Crippen molar-refractivity contribution in [3.05, 3.63) is 109 Å². The first-order valence-electron chi connectivity index (χ1n) is 10.7. The lowest BCUT2D eigenvalue weighted by Crippen LogP contribution is -2.21. The smallest absolute Gasteiger partial charge is 0.126 e. The molecule has 4 aromatic rings. The van der Waals surface area contributed by atoms with Crippen LogP contribution in [0.15, 0.2) is 109 Å². The van der Waals surface area contributed by atoms with Gasteiger partial charge in [0.15, 0.2) is 0 Å². The lowest BCUT2D eigenvalue weighted by molar-refractivity contribution is 0.417. The highest BCUT2D eigenvalue weighted by atomic mass is 31.1. The third-order valence-electron chi connectivity index (χ3n) is 5.43. The van der Waals surface area contributed by atoms with Gasteiger partial charge < -0.3 is 9.47 Å². The van der Waals surface area contributed by atoms with Crippen molar-refractivity contribution in [2.24, 2.45) is 0 Å². The zero-order valence-corrected chi connectivity index (χ0v) is 20.3. The molecule has 2 nitrogen and oxygen atoms in total. The van der Waals surface area contributed by atoms with Gasteiger partial charge in [0.05, 0.1) is 14.2 Å². The second kappa shape index (κ2) is 11.3. The Kier molecular flexibility index (Phi) is 7.94. The maximum absolute atomic E-state index is 5.78. The lowest BCUT2D eigenvalue weighted by Gasteiger charge is -2.26. The summed E-state index contributed by atoms with van der Waals surface area (Å²) in [4.78, 5) is 0. The van der Waals surface area contributed by atoms with E-state index in [4.69, 9.17) is 9.47 Å². The van der Waals surface area contributed by atoms with Gasteiger partial charge in [0.2, 0.25) is 0 Å². The van der Waals surface area contributed by atoms with Crippen molar-refractivity contribution in [2.45, 2.75) is 0 Å². The Labute approximate surface area is 193 Å². The van der Waals surface area contributed by atoms with E-state index >= 15 is 0 Å². The standard InChI is InChI=1S/C28H28O2P2/c1-29-25-17-9-11-19-27(25)32(28-20-12-10-18-26(28)30-2)22-21-31(23-13-5-3-6-14-23)24-15-7-4-8-16-24/h3-20H,21-22H2,1-2H3. The summed E-state index contributed by atoms with van der Waals surface area (Å²) in [6, 6.07) is 38.7. The monoisotopic (exact) mass is 458 g/mol. The lowest BCUT2D eigenvalue weighted by atomic mass is 10.3. The first kappa shape index (κ1) is 22.5. The molecular formula is C28H28O2P2. The van der Waals surface area contributed by atoms with Crippen molar-refractivity contribution in [3.8, 4) is 11.5 Å². The number of hydrogen-bond acceptors (Lipinski definition) is 2. The van der Waals surface area contributed by atoms with Crippen LogP contribution in [-0.4, -0.2) is 26.5 Å². The van der Waals surface area contributed by atoms with Gasteiger partial charge >= 0.3 is 0 Å². The van der Waals surface area contributed by atoms with E-state index in [1.165, 1.54) is 21.2 Å². The summed E-state index contributed by atoms with van der Waals surface area (Å²) in [6.07, 6.45) is 2.16. The average Bonchev–Trinajstić information content (AvgIpc) is 2.88. The largest absolute Gasteiger partial charge is 0.496 e. The van der Waals surface area contributed by atoms with Gasteiger partial charge in [-0.05, 0) is 50.9 Å². The molecule has 0 N–H and O–H groups in total. The molecular weight excluding hydrogens is 430 g/mol. The van der Waals surface area contributed by atoms with Crippen LogP contribution in [0.5, 0.6) is 11.5 Å². The summed E-state index contributed by atoms with van der Waals surface area (Å²) in [5, 5.41) is 5.38. The Morgan fingerprint density at radius 1 is 0.469 bits per heavy atom. The summed E-state index contributed by atoms with van der Waals surface area (Å²) in [7, 11) is 2.41. The fraction of sp³-hybridized carbons (Fsp3) is 0.143. The van der Waals surface area contributed by atoms with E-state index in [0.29, 0.717) is 0 Å². The summed E-state index contributed by atoms with van der Waals surface area (Å²) >= 11 is 0. The van der Waals surface area contributed by atoms with Crippen molar-refractivity contribution >= 4 is 37.1 Å². The van der Waals surface area contributed by atoms with E-state index in [1.807, 2.05) is 12.1 Å². The molecule has 0 saturated carbocycles. The molecule has 0 fully saturated rings. The van der Waals surface area contributed by atoms with Gasteiger partial charge in [0.25, 0.3) is 0 Å². The Morgan fingerprint density at radius 3 is 1.28 bits per heavy atom. The minimum atomic E-state index is -0.651. The summed E-state index contributed by atoms with van der Waals surface area (Å²) in [6.45, 7) is 0. The van der Waals surface area contributed by atoms with E-state index in [2.05, 4.69) is 97.1 Å². The fourth-order valence-corrected chi connectivity index (χ4v) is 9.52. The molecule has 0 amide bonds. The highest BCUT2D eigenvalue weighted by Crippen LogP contribution is 2.44. The molecule has 0 heterocycles. The Hall–Kier alpha value is -2.66. The van der Waals surface area contributed by atoms with Gasteiger partial charge in [-0.3, -0.25) is 0 Å². The predicted molar refractivity (Wildman–Crippen MR) is 141 cm³/mol. The molecule has 0 aliphatic heterocycles. The minimum absolute atomic E-state index is 0.457. The van der Waals surface area contributed by atoms with Crippen molar-refractivity contribution in [1.29, 1.82) is 0 Å². The molecule has 0 aromatic heterocycles. The van der Waals surface area contributed by atoms with Crippen LogP contribution in [0, 0.1) is 0 Å². The molecule has 162 valence electrons. The number of ether oxygens (including phenoxy) is 2. The molecule has 0 radical (unpaired) electrons. The van der Waals surface area contributed by atoms with Gasteiger partial charge in [-0.25, -0.2) is 0 Å². The van der Waals surface area contributed by atoms with Gasteiger partial charge in [-0.1, -0.05) is 97.1 Å². The molecule has 32 heavy (non-hydrogen) atoms. The number of para-hydroxylation sites is 2. The first-order chi connectivity index (χ1) is 15.8. The van der Waals surface area contributed by atoms with Crippen LogP contribution in [0.2, 0.25) is 0 Å². The van der Waals surface area contributed by atoms with Crippen LogP contribution in [0.4, 0.5) is 0 Å². The summed E-state index contributed by atoms with van der Waals surface area (Å²) in [5.41, 5.74) is 0. The third kappa shape index (κ3) is 5.21. The Bertz CT molecular complexity index is 1030. The zero-order valence-electron chi connectivity index (χ0n) is 18.5. The van der Waals surface area contributed by atoms with Crippen molar-refractivity contribution in [1.82, 2.24) is 0 Å². The normalized spacial score (nSPS) is 11.0. The number of hydrogen-bond donors (Lipinski definition) is 0. The average molecular weight is 458 g/mol. The Morgan fingerprint density at radius 2 is 0.844 bits per heavy atom. The quantitative estimate of drug-likeness (QED) is 0.318. The second-order valence-electron chi connectivity index (χ2n) is 7.32. The van der Waals surface area contributed by atoms with Crippen LogP contribution >= 0.6 is 15.8 Å². The molecule has 0 saturated heterocycles. The summed E-state index contributed by atoms with van der Waals surface area (Å²) < 4.78 is 11.6. The van der Waals surface area contributed by atoms with E-state index in [0.717, 1.165) is 23.8 Å². The molecule has 4 heteroatoms. The third-order valence-corrected chi connectivity index (χ3v) is 10.9. The fourth-order valence-electron chi connectivity index (χ4n) is 3.90. The number of benzene rings is 4. The first-order valence-corrected chi connectivity index (χ1v) is 13.8. The topological polar surface area (TPSA) is 18.5 Å². The van der Waals surface area contributed by atoms with Crippen LogP contribution in [0.3, 0.4) is 0 Å². The van der Waals surface area contributed by atoms with E-state index < -0.39 is 15.8 Å². The van der Waals surface area contributed by atoms with E-state index in [9.17, 15) is 0 Å². The maximum atomic E-state index is 5.78. The van der Waals surface area contributed by atoms with Crippen molar-refractivity contribution in [2.75, 3.05) is 26.5 Å². The number of methoxy groups -OCH3 is 2. The van der Waals surface area contributed by atoms with Gasteiger partial charge in [-0.2, -0.15) is 0 Å². The van der Waals surface area contributed by atoms with Crippen LogP contribution in [-0.2, 0) is 0 Å². The van der Waals surface area contributed by atoms with Gasteiger partial charge in [0.1, 0.15) is 11.5 Å². The van der Waals surface area contributed by atoms with Crippen molar-refractivity contribution in [3.63, 3.8) is 0 Å². The minimum Gasteiger partial charge on any atom is -0.496 e. The Balaban J connectivity index is 1.73. The van der Waals surface area contributed by atoms with Crippen LogP contribution in [0.25, 0.3) is 0 Å². The van der Waals surface area contributed by atoms with Crippen molar-refractivity contribution < 1.29 is 9.47 Å².